The summed E-state index contributed by atoms with van der Waals surface area (Å²) in [5, 5.41) is 11.5. The van der Waals surface area contributed by atoms with Crippen LogP contribution in [0, 0.1) is 6.92 Å². The van der Waals surface area contributed by atoms with Crippen molar-refractivity contribution in [3.63, 3.8) is 0 Å². The van der Waals surface area contributed by atoms with Crippen LogP contribution in [-0.2, 0) is 21.5 Å². The van der Waals surface area contributed by atoms with Gasteiger partial charge in [0.15, 0.2) is 0 Å². The third-order valence-electron chi connectivity index (χ3n) is 5.68. The predicted octanol–water partition coefficient (Wildman–Crippen LogP) is 4.13. The van der Waals surface area contributed by atoms with Gasteiger partial charge in [-0.15, -0.1) is 0 Å². The van der Waals surface area contributed by atoms with Gasteiger partial charge in [-0.25, -0.2) is 4.68 Å². The maximum atomic E-state index is 13.1. The molecular formula is C21H16Cl2N4O2. The van der Waals surface area contributed by atoms with Crippen LogP contribution in [0.4, 0.5) is 11.5 Å². The first kappa shape index (κ1) is 18.2. The standard InChI is InChI=1S/C21H16Cl2N4O2/c1-11-6-13(22)3-2-12(11)10-27-19-16(9-24-27)21(8-18(28)26-19)15-7-14(23)4-5-17(15)25-20(21)29/h2-7,9H,8,10H2,1H3,(H,25,29)(H,26,28). The van der Waals surface area contributed by atoms with Gasteiger partial charge in [0.1, 0.15) is 11.2 Å². The summed E-state index contributed by atoms with van der Waals surface area (Å²) in [6.07, 6.45) is 1.67. The lowest BCUT2D eigenvalue weighted by Crippen LogP contribution is -2.43. The average Bonchev–Trinajstić information content (AvgIpc) is 3.18. The molecule has 0 saturated carbocycles. The zero-order valence-electron chi connectivity index (χ0n) is 15.4. The lowest BCUT2D eigenvalue weighted by atomic mass is 9.72. The van der Waals surface area contributed by atoms with Crippen LogP contribution >= 0.6 is 23.2 Å². The summed E-state index contributed by atoms with van der Waals surface area (Å²) in [4.78, 5) is 25.8. The Hall–Kier alpha value is -2.83. The Morgan fingerprint density at radius 1 is 1.07 bits per heavy atom. The van der Waals surface area contributed by atoms with Crippen LogP contribution in [0.3, 0.4) is 0 Å². The Morgan fingerprint density at radius 3 is 2.62 bits per heavy atom. The maximum Gasteiger partial charge on any atom is 0.240 e. The lowest BCUT2D eigenvalue weighted by Gasteiger charge is -2.31. The number of benzene rings is 2. The van der Waals surface area contributed by atoms with E-state index in [0.717, 1.165) is 11.1 Å². The highest BCUT2D eigenvalue weighted by Crippen LogP contribution is 2.50. The van der Waals surface area contributed by atoms with E-state index < -0.39 is 5.41 Å². The monoisotopic (exact) mass is 426 g/mol. The van der Waals surface area contributed by atoms with E-state index >= 15 is 0 Å². The first-order valence-corrected chi connectivity index (χ1v) is 9.87. The van der Waals surface area contributed by atoms with Crippen molar-refractivity contribution in [2.24, 2.45) is 0 Å². The number of rotatable bonds is 2. The van der Waals surface area contributed by atoms with Crippen molar-refractivity contribution in [3.05, 3.63) is 74.9 Å². The molecule has 0 saturated heterocycles. The number of amides is 2. The van der Waals surface area contributed by atoms with Crippen molar-refractivity contribution in [1.29, 1.82) is 0 Å². The topological polar surface area (TPSA) is 76.0 Å². The molecule has 5 rings (SSSR count). The number of nitrogens with zero attached hydrogens (tertiary/aromatic N) is 2. The zero-order chi connectivity index (χ0) is 20.3. The third-order valence-corrected chi connectivity index (χ3v) is 6.15. The minimum atomic E-state index is -1.13. The summed E-state index contributed by atoms with van der Waals surface area (Å²) in [6, 6.07) is 10.9. The van der Waals surface area contributed by atoms with Gasteiger partial charge in [-0.2, -0.15) is 5.10 Å². The Bertz CT molecular complexity index is 1200. The molecule has 1 atom stereocenters. The normalized spacial score (nSPS) is 19.7. The Balaban J connectivity index is 1.65. The molecule has 3 aromatic rings. The van der Waals surface area contributed by atoms with Gasteiger partial charge in [0.2, 0.25) is 11.8 Å². The number of carbonyl (C=O) groups is 2. The van der Waals surface area contributed by atoms with Gasteiger partial charge >= 0.3 is 0 Å². The molecule has 2 aromatic carbocycles. The molecule has 1 aromatic heterocycles. The van der Waals surface area contributed by atoms with E-state index in [1.807, 2.05) is 25.1 Å². The number of halogens is 2. The highest BCUT2D eigenvalue weighted by Gasteiger charge is 2.54. The van der Waals surface area contributed by atoms with Crippen LogP contribution in [0.5, 0.6) is 0 Å². The number of aromatic nitrogens is 2. The molecule has 2 aliphatic rings. The smallest absolute Gasteiger partial charge is 0.240 e. The van der Waals surface area contributed by atoms with E-state index in [0.29, 0.717) is 39.2 Å². The van der Waals surface area contributed by atoms with Crippen LogP contribution in [-0.4, -0.2) is 21.6 Å². The van der Waals surface area contributed by atoms with Crippen LogP contribution in [0.15, 0.2) is 42.6 Å². The number of carbonyl (C=O) groups excluding carboxylic acids is 2. The van der Waals surface area contributed by atoms with E-state index in [4.69, 9.17) is 23.2 Å². The maximum absolute atomic E-state index is 13.1. The van der Waals surface area contributed by atoms with E-state index in [2.05, 4.69) is 15.7 Å². The predicted molar refractivity (Wildman–Crippen MR) is 112 cm³/mol. The number of hydrogen-bond donors (Lipinski definition) is 2. The third kappa shape index (κ3) is 2.67. The Morgan fingerprint density at radius 2 is 1.83 bits per heavy atom. The number of aryl methyl sites for hydroxylation is 1. The number of fused-ring (bicyclic) bond motifs is 4. The SMILES string of the molecule is Cc1cc(Cl)ccc1Cn1ncc2c1NC(=O)CC21C(=O)Nc2ccc(Cl)cc21. The van der Waals surface area contributed by atoms with Crippen LogP contribution in [0.2, 0.25) is 10.0 Å². The fourth-order valence-corrected chi connectivity index (χ4v) is 4.63. The van der Waals surface area contributed by atoms with Crippen molar-refractivity contribution in [2.45, 2.75) is 25.3 Å². The zero-order valence-corrected chi connectivity index (χ0v) is 16.9. The van der Waals surface area contributed by atoms with Crippen LogP contribution in [0.1, 0.15) is 28.7 Å². The summed E-state index contributed by atoms with van der Waals surface area (Å²) < 4.78 is 1.71. The fourth-order valence-electron chi connectivity index (χ4n) is 4.23. The molecule has 146 valence electrons. The minimum Gasteiger partial charge on any atom is -0.325 e. The lowest BCUT2D eigenvalue weighted by molar-refractivity contribution is -0.125. The first-order valence-electron chi connectivity index (χ1n) is 9.11. The molecule has 2 amide bonds. The van der Waals surface area contributed by atoms with Crippen molar-refractivity contribution < 1.29 is 9.59 Å². The largest absolute Gasteiger partial charge is 0.325 e. The second kappa shape index (κ2) is 6.34. The van der Waals surface area contributed by atoms with Crippen LogP contribution in [0.25, 0.3) is 0 Å². The molecule has 3 heterocycles. The summed E-state index contributed by atoms with van der Waals surface area (Å²) in [5.74, 6) is 0.0433. The van der Waals surface area contributed by atoms with Crippen molar-refractivity contribution in [3.8, 4) is 0 Å². The molecule has 2 N–H and O–H groups in total. The number of hydrogen-bond acceptors (Lipinski definition) is 3. The van der Waals surface area contributed by atoms with E-state index in [1.165, 1.54) is 0 Å². The van der Waals surface area contributed by atoms with Crippen molar-refractivity contribution in [2.75, 3.05) is 10.6 Å². The molecule has 8 heteroatoms. The second-order valence-electron chi connectivity index (χ2n) is 7.41. The molecule has 0 fully saturated rings. The van der Waals surface area contributed by atoms with Crippen LogP contribution < -0.4 is 10.6 Å². The molecule has 0 aliphatic carbocycles. The first-order chi connectivity index (χ1) is 13.9. The van der Waals surface area contributed by atoms with E-state index in [-0.39, 0.29) is 18.2 Å². The highest BCUT2D eigenvalue weighted by atomic mass is 35.5. The Kier molecular flexibility index (Phi) is 3.98. The molecule has 6 nitrogen and oxygen atoms in total. The molecule has 1 unspecified atom stereocenters. The Labute approximate surface area is 176 Å². The van der Waals surface area contributed by atoms with Gasteiger partial charge in [0.25, 0.3) is 0 Å². The summed E-state index contributed by atoms with van der Waals surface area (Å²) in [5.41, 5.74) is 2.95. The van der Waals surface area contributed by atoms with Gasteiger partial charge in [0.05, 0.1) is 12.7 Å². The van der Waals surface area contributed by atoms with Gasteiger partial charge < -0.3 is 10.6 Å². The summed E-state index contributed by atoms with van der Waals surface area (Å²) in [6.45, 7) is 2.42. The quantitative estimate of drug-likeness (QED) is 0.646. The minimum absolute atomic E-state index is 0.00480. The molecule has 2 aliphatic heterocycles. The van der Waals surface area contributed by atoms with Crippen molar-refractivity contribution >= 4 is 46.5 Å². The van der Waals surface area contributed by atoms with Gasteiger partial charge in [-0.3, -0.25) is 9.59 Å². The number of nitrogens with one attached hydrogen (secondary N) is 2. The molecule has 0 bridgehead atoms. The molecule has 0 radical (unpaired) electrons. The molecule has 1 spiro atoms. The van der Waals surface area contributed by atoms with E-state index in [1.54, 1.807) is 29.1 Å². The van der Waals surface area contributed by atoms with Gasteiger partial charge in [-0.05, 0) is 53.9 Å². The van der Waals surface area contributed by atoms with Gasteiger partial charge in [0, 0.05) is 27.7 Å². The highest BCUT2D eigenvalue weighted by molar-refractivity contribution is 6.31. The summed E-state index contributed by atoms with van der Waals surface area (Å²) in [7, 11) is 0. The summed E-state index contributed by atoms with van der Waals surface area (Å²) >= 11 is 12.3. The van der Waals surface area contributed by atoms with Gasteiger partial charge in [-0.1, -0.05) is 29.3 Å². The second-order valence-corrected chi connectivity index (χ2v) is 8.28. The molecular weight excluding hydrogens is 411 g/mol. The fraction of sp³-hybridized carbons (Fsp3) is 0.190. The average molecular weight is 427 g/mol. The van der Waals surface area contributed by atoms with Crippen molar-refractivity contribution in [1.82, 2.24) is 9.78 Å². The number of anilines is 2. The molecule has 29 heavy (non-hydrogen) atoms. The van der Waals surface area contributed by atoms with E-state index in [9.17, 15) is 9.59 Å².